The maximum absolute atomic E-state index is 13.2. The van der Waals surface area contributed by atoms with Crippen LogP contribution in [0.15, 0.2) is 65.7 Å². The number of aromatic nitrogens is 5. The molecular formula is C22H22N6O2. The van der Waals surface area contributed by atoms with Gasteiger partial charge in [-0.05, 0) is 24.6 Å². The Labute approximate surface area is 173 Å². The van der Waals surface area contributed by atoms with Crippen LogP contribution in [0.2, 0.25) is 0 Å². The van der Waals surface area contributed by atoms with E-state index in [-0.39, 0.29) is 17.2 Å². The van der Waals surface area contributed by atoms with E-state index in [9.17, 15) is 9.59 Å². The summed E-state index contributed by atoms with van der Waals surface area (Å²) in [5.41, 5.74) is 1.29. The second-order valence-electron chi connectivity index (χ2n) is 6.95. The van der Waals surface area contributed by atoms with Gasteiger partial charge in [0.05, 0.1) is 29.2 Å². The molecule has 30 heavy (non-hydrogen) atoms. The number of hydrogen-bond acceptors (Lipinski definition) is 5. The maximum Gasteiger partial charge on any atom is 0.276 e. The van der Waals surface area contributed by atoms with Crippen molar-refractivity contribution in [2.75, 3.05) is 5.32 Å². The number of rotatable bonds is 7. The van der Waals surface area contributed by atoms with Gasteiger partial charge in [-0.2, -0.15) is 5.10 Å². The summed E-state index contributed by atoms with van der Waals surface area (Å²) in [5, 5.41) is 16.2. The van der Waals surface area contributed by atoms with Crippen molar-refractivity contribution in [3.05, 3.63) is 77.0 Å². The van der Waals surface area contributed by atoms with E-state index in [2.05, 4.69) is 27.7 Å². The van der Waals surface area contributed by atoms with Gasteiger partial charge in [0.25, 0.3) is 11.5 Å². The number of fused-ring (bicyclic) bond motifs is 1. The van der Waals surface area contributed by atoms with Gasteiger partial charge in [0.15, 0.2) is 5.69 Å². The zero-order valence-electron chi connectivity index (χ0n) is 16.7. The summed E-state index contributed by atoms with van der Waals surface area (Å²) >= 11 is 0. The van der Waals surface area contributed by atoms with Gasteiger partial charge in [-0.1, -0.05) is 55.3 Å². The molecule has 0 aliphatic carbocycles. The summed E-state index contributed by atoms with van der Waals surface area (Å²) in [6.45, 7) is 2.58. The molecule has 0 fully saturated rings. The number of aryl methyl sites for hydroxylation is 1. The van der Waals surface area contributed by atoms with Gasteiger partial charge < -0.3 is 5.32 Å². The number of hydrogen-bond donors (Lipinski definition) is 1. The summed E-state index contributed by atoms with van der Waals surface area (Å²) < 4.78 is 2.98. The molecule has 1 amide bonds. The number of carbonyl (C=O) groups excluding carboxylic acids is 1. The minimum absolute atomic E-state index is 0.179. The lowest BCUT2D eigenvalue weighted by atomic mass is 10.1. The van der Waals surface area contributed by atoms with Crippen LogP contribution in [0, 0.1) is 0 Å². The maximum atomic E-state index is 13.2. The third kappa shape index (κ3) is 3.84. The van der Waals surface area contributed by atoms with Crippen molar-refractivity contribution >= 4 is 22.4 Å². The summed E-state index contributed by atoms with van der Waals surface area (Å²) in [6, 6.07) is 14.4. The standard InChI is InChI=1S/C22H22N6O2/c1-2-3-8-14-28-22(30)17-10-5-4-9-16(17)20(25-28)21(29)24-18-11-6-7-12-19(18)27-15-13-23-26-27/h4-7,9-13,15H,2-3,8,14H2,1H3,(H,24,29). The van der Waals surface area contributed by atoms with E-state index in [1.54, 1.807) is 47.4 Å². The lowest BCUT2D eigenvalue weighted by Gasteiger charge is -2.13. The minimum atomic E-state index is -0.386. The second kappa shape index (κ2) is 8.69. The number of nitrogens with one attached hydrogen (secondary N) is 1. The molecule has 152 valence electrons. The largest absolute Gasteiger partial charge is 0.319 e. The molecule has 4 rings (SSSR count). The first-order chi connectivity index (χ1) is 14.7. The van der Waals surface area contributed by atoms with Crippen LogP contribution in [0.25, 0.3) is 16.5 Å². The number of para-hydroxylation sites is 2. The molecule has 0 aliphatic heterocycles. The fraction of sp³-hybridized carbons (Fsp3) is 0.227. The number of unbranched alkanes of at least 4 members (excludes halogenated alkanes) is 2. The van der Waals surface area contributed by atoms with Crippen molar-refractivity contribution < 1.29 is 4.79 Å². The van der Waals surface area contributed by atoms with Gasteiger partial charge >= 0.3 is 0 Å². The van der Waals surface area contributed by atoms with Crippen LogP contribution in [-0.2, 0) is 6.54 Å². The predicted molar refractivity (Wildman–Crippen MR) is 115 cm³/mol. The van der Waals surface area contributed by atoms with Crippen molar-refractivity contribution in [3.63, 3.8) is 0 Å². The molecule has 1 N–H and O–H groups in total. The van der Waals surface area contributed by atoms with E-state index in [4.69, 9.17) is 0 Å². The third-order valence-corrected chi connectivity index (χ3v) is 4.88. The SMILES string of the molecule is CCCCCn1nc(C(=O)Nc2ccccc2-n2ccnn2)c2ccccc2c1=O. The Morgan fingerprint density at radius 3 is 2.57 bits per heavy atom. The summed E-state index contributed by atoms with van der Waals surface area (Å²) in [6.07, 6.45) is 6.13. The molecule has 2 heterocycles. The van der Waals surface area contributed by atoms with Crippen LogP contribution in [0.1, 0.15) is 36.7 Å². The summed E-state index contributed by atoms with van der Waals surface area (Å²) in [7, 11) is 0. The molecule has 0 unspecified atom stereocenters. The van der Waals surface area contributed by atoms with Crippen LogP contribution >= 0.6 is 0 Å². The lowest BCUT2D eigenvalue weighted by Crippen LogP contribution is -2.28. The van der Waals surface area contributed by atoms with Gasteiger partial charge in [0, 0.05) is 11.9 Å². The fourth-order valence-corrected chi connectivity index (χ4v) is 3.36. The van der Waals surface area contributed by atoms with Crippen LogP contribution < -0.4 is 10.9 Å². The highest BCUT2D eigenvalue weighted by Gasteiger charge is 2.18. The third-order valence-electron chi connectivity index (χ3n) is 4.88. The predicted octanol–water partition coefficient (Wildman–Crippen LogP) is 3.42. The molecule has 0 spiro atoms. The van der Waals surface area contributed by atoms with Crippen molar-refractivity contribution in [2.45, 2.75) is 32.7 Å². The number of anilines is 1. The van der Waals surface area contributed by atoms with Crippen molar-refractivity contribution in [3.8, 4) is 5.69 Å². The van der Waals surface area contributed by atoms with E-state index in [1.807, 2.05) is 18.2 Å². The van der Waals surface area contributed by atoms with Crippen molar-refractivity contribution in [1.29, 1.82) is 0 Å². The molecule has 0 saturated heterocycles. The first kappa shape index (κ1) is 19.5. The normalized spacial score (nSPS) is 11.0. The van der Waals surface area contributed by atoms with Crippen LogP contribution in [0.4, 0.5) is 5.69 Å². The Balaban J connectivity index is 1.74. The molecule has 0 atom stereocenters. The quantitative estimate of drug-likeness (QED) is 0.478. The number of amides is 1. The fourth-order valence-electron chi connectivity index (χ4n) is 3.36. The first-order valence-electron chi connectivity index (χ1n) is 9.96. The van der Waals surface area contributed by atoms with E-state index in [0.717, 1.165) is 19.3 Å². The van der Waals surface area contributed by atoms with Gasteiger partial charge in [-0.25, -0.2) is 9.36 Å². The highest BCUT2D eigenvalue weighted by Crippen LogP contribution is 2.21. The molecule has 0 radical (unpaired) electrons. The molecule has 0 saturated carbocycles. The smallest absolute Gasteiger partial charge is 0.276 e. The molecule has 0 bridgehead atoms. The Bertz CT molecular complexity index is 1230. The molecule has 8 heteroatoms. The molecule has 4 aromatic rings. The molecule has 0 aliphatic rings. The van der Waals surface area contributed by atoms with E-state index in [0.29, 0.717) is 28.7 Å². The molecule has 2 aromatic carbocycles. The van der Waals surface area contributed by atoms with Gasteiger partial charge in [-0.3, -0.25) is 9.59 Å². The Morgan fingerprint density at radius 1 is 1.03 bits per heavy atom. The van der Waals surface area contributed by atoms with Crippen LogP contribution in [0.3, 0.4) is 0 Å². The molecule has 8 nitrogen and oxygen atoms in total. The average molecular weight is 402 g/mol. The van der Waals surface area contributed by atoms with Crippen molar-refractivity contribution in [2.24, 2.45) is 0 Å². The van der Waals surface area contributed by atoms with E-state index < -0.39 is 0 Å². The van der Waals surface area contributed by atoms with Crippen molar-refractivity contribution in [1.82, 2.24) is 24.8 Å². The van der Waals surface area contributed by atoms with E-state index >= 15 is 0 Å². The zero-order chi connectivity index (χ0) is 20.9. The van der Waals surface area contributed by atoms with Crippen LogP contribution in [0.5, 0.6) is 0 Å². The van der Waals surface area contributed by atoms with Gasteiger partial charge in [-0.15, -0.1) is 5.10 Å². The number of nitrogens with zero attached hydrogens (tertiary/aromatic N) is 5. The second-order valence-corrected chi connectivity index (χ2v) is 6.95. The van der Waals surface area contributed by atoms with Gasteiger partial charge in [0.2, 0.25) is 0 Å². The lowest BCUT2D eigenvalue weighted by molar-refractivity contribution is 0.102. The topological polar surface area (TPSA) is 94.7 Å². The number of benzene rings is 2. The Hall–Kier alpha value is -3.81. The average Bonchev–Trinajstić information content (AvgIpc) is 3.30. The van der Waals surface area contributed by atoms with Crippen LogP contribution in [-0.4, -0.2) is 30.7 Å². The summed E-state index contributed by atoms with van der Waals surface area (Å²) in [5.74, 6) is -0.386. The Morgan fingerprint density at radius 2 is 1.80 bits per heavy atom. The first-order valence-corrected chi connectivity index (χ1v) is 9.96. The monoisotopic (exact) mass is 402 g/mol. The summed E-state index contributed by atoms with van der Waals surface area (Å²) in [4.78, 5) is 26.0. The number of carbonyl (C=O) groups is 1. The highest BCUT2D eigenvalue weighted by atomic mass is 16.2. The molecular weight excluding hydrogens is 380 g/mol. The zero-order valence-corrected chi connectivity index (χ0v) is 16.7. The van der Waals surface area contributed by atoms with E-state index in [1.165, 1.54) is 4.68 Å². The highest BCUT2D eigenvalue weighted by molar-refractivity contribution is 6.11. The molecule has 2 aromatic heterocycles. The Kier molecular flexibility index (Phi) is 5.65. The van der Waals surface area contributed by atoms with Gasteiger partial charge in [0.1, 0.15) is 0 Å². The minimum Gasteiger partial charge on any atom is -0.319 e.